The molecular formula is C13H12BrN3O3S. The molecule has 0 unspecified atom stereocenters. The Hall–Kier alpha value is -1.80. The number of nitrogens with one attached hydrogen (secondary N) is 1. The summed E-state index contributed by atoms with van der Waals surface area (Å²) >= 11 is 4.71. The van der Waals surface area contributed by atoms with Crippen LogP contribution in [0.4, 0.5) is 5.69 Å². The molecule has 21 heavy (non-hydrogen) atoms. The molecule has 2 N–H and O–H groups in total. The van der Waals surface area contributed by atoms with Gasteiger partial charge in [-0.1, -0.05) is 15.9 Å². The van der Waals surface area contributed by atoms with Gasteiger partial charge in [-0.25, -0.2) is 4.79 Å². The number of amides is 1. The summed E-state index contributed by atoms with van der Waals surface area (Å²) in [6.07, 6.45) is 1.33. The molecule has 110 valence electrons. The third kappa shape index (κ3) is 4.08. The lowest BCUT2D eigenvalue weighted by molar-refractivity contribution is -0.113. The van der Waals surface area contributed by atoms with Crippen molar-refractivity contribution in [1.29, 1.82) is 0 Å². The minimum atomic E-state index is -1.13. The monoisotopic (exact) mass is 369 g/mol. The van der Waals surface area contributed by atoms with Gasteiger partial charge in [0.15, 0.2) is 5.69 Å². The average molecular weight is 370 g/mol. The van der Waals surface area contributed by atoms with Gasteiger partial charge in [-0.05, 0) is 24.3 Å². The summed E-state index contributed by atoms with van der Waals surface area (Å²) in [5, 5.41) is 15.4. The predicted molar refractivity (Wildman–Crippen MR) is 83.7 cm³/mol. The van der Waals surface area contributed by atoms with Crippen LogP contribution in [0.1, 0.15) is 10.5 Å². The predicted octanol–water partition coefficient (Wildman–Crippen LogP) is 2.61. The van der Waals surface area contributed by atoms with Gasteiger partial charge in [-0.3, -0.25) is 9.48 Å². The summed E-state index contributed by atoms with van der Waals surface area (Å²) < 4.78 is 2.18. The number of nitrogens with zero attached hydrogens (tertiary/aromatic N) is 2. The minimum Gasteiger partial charge on any atom is -0.476 e. The Kier molecular flexibility index (Phi) is 5.03. The Morgan fingerprint density at radius 2 is 2.05 bits per heavy atom. The van der Waals surface area contributed by atoms with Gasteiger partial charge in [0, 0.05) is 16.4 Å². The molecule has 1 aromatic carbocycles. The molecule has 1 aromatic heterocycles. The Morgan fingerprint density at radius 3 is 2.67 bits per heavy atom. The number of aryl methyl sites for hydroxylation is 1. The molecule has 1 amide bonds. The van der Waals surface area contributed by atoms with Crippen LogP contribution in [0.3, 0.4) is 0 Å². The molecular weight excluding hydrogens is 358 g/mol. The van der Waals surface area contributed by atoms with Crippen molar-refractivity contribution in [2.75, 3.05) is 11.1 Å². The summed E-state index contributed by atoms with van der Waals surface area (Å²) in [5.41, 5.74) is 0.156. The Balaban J connectivity index is 1.96. The first-order valence-corrected chi connectivity index (χ1v) is 7.68. The van der Waals surface area contributed by atoms with E-state index in [1.165, 1.54) is 29.7 Å². The van der Waals surface area contributed by atoms with Crippen LogP contribution in [-0.4, -0.2) is 32.5 Å². The lowest BCUT2D eigenvalue weighted by Gasteiger charge is -2.05. The zero-order valence-electron chi connectivity index (χ0n) is 11.0. The first-order valence-electron chi connectivity index (χ1n) is 5.91. The molecule has 0 radical (unpaired) electrons. The molecule has 0 saturated heterocycles. The Labute approximate surface area is 133 Å². The van der Waals surface area contributed by atoms with E-state index in [1.54, 1.807) is 0 Å². The molecule has 0 aliphatic heterocycles. The van der Waals surface area contributed by atoms with E-state index in [0.717, 1.165) is 9.37 Å². The minimum absolute atomic E-state index is 0.0445. The smallest absolute Gasteiger partial charge is 0.356 e. The van der Waals surface area contributed by atoms with E-state index in [0.29, 0.717) is 0 Å². The van der Waals surface area contributed by atoms with Gasteiger partial charge in [0.25, 0.3) is 0 Å². The molecule has 0 fully saturated rings. The van der Waals surface area contributed by atoms with Gasteiger partial charge < -0.3 is 10.4 Å². The van der Waals surface area contributed by atoms with E-state index in [9.17, 15) is 9.59 Å². The molecule has 0 saturated carbocycles. The number of carboxylic acid groups (broad SMARTS) is 1. The second kappa shape index (κ2) is 6.77. The Morgan fingerprint density at radius 1 is 1.38 bits per heavy atom. The number of anilines is 1. The molecule has 0 bridgehead atoms. The molecule has 0 aliphatic carbocycles. The van der Waals surface area contributed by atoms with Crippen molar-refractivity contribution in [3.05, 3.63) is 40.6 Å². The third-order valence-corrected chi connectivity index (χ3v) is 4.14. The van der Waals surface area contributed by atoms with Gasteiger partial charge in [-0.15, -0.1) is 11.8 Å². The standard InChI is InChI=1S/C13H12BrN3O3S/c1-17-12(13(19)20)10(6-15-17)16-11(18)7-21-9-4-2-8(14)3-5-9/h2-6H,7H2,1H3,(H,16,18)(H,19,20). The van der Waals surface area contributed by atoms with Gasteiger partial charge in [-0.2, -0.15) is 5.10 Å². The second-order valence-electron chi connectivity index (χ2n) is 4.13. The summed E-state index contributed by atoms with van der Waals surface area (Å²) in [6.45, 7) is 0. The number of hydrogen-bond acceptors (Lipinski definition) is 4. The fraction of sp³-hybridized carbons (Fsp3) is 0.154. The highest BCUT2D eigenvalue weighted by Gasteiger charge is 2.17. The van der Waals surface area contributed by atoms with Crippen molar-refractivity contribution < 1.29 is 14.7 Å². The summed E-state index contributed by atoms with van der Waals surface area (Å²) in [5.74, 6) is -1.22. The number of carboxylic acids is 1. The molecule has 6 nitrogen and oxygen atoms in total. The van der Waals surface area contributed by atoms with Crippen LogP contribution < -0.4 is 5.32 Å². The lowest BCUT2D eigenvalue weighted by atomic mass is 10.3. The van der Waals surface area contributed by atoms with Crippen LogP contribution in [0.15, 0.2) is 39.8 Å². The number of rotatable bonds is 5. The van der Waals surface area contributed by atoms with E-state index in [1.807, 2.05) is 24.3 Å². The summed E-state index contributed by atoms with van der Waals surface area (Å²) in [6, 6.07) is 7.58. The summed E-state index contributed by atoms with van der Waals surface area (Å²) in [7, 11) is 1.51. The first kappa shape index (κ1) is 15.6. The van der Waals surface area contributed by atoms with Gasteiger partial charge in [0.2, 0.25) is 5.91 Å². The fourth-order valence-corrected chi connectivity index (χ4v) is 2.61. The quantitative estimate of drug-likeness (QED) is 0.791. The van der Waals surface area contributed by atoms with Crippen LogP contribution in [0, 0.1) is 0 Å². The number of aromatic nitrogens is 2. The molecule has 0 aliphatic rings. The summed E-state index contributed by atoms with van der Waals surface area (Å²) in [4.78, 5) is 23.9. The highest BCUT2D eigenvalue weighted by Crippen LogP contribution is 2.21. The van der Waals surface area contributed by atoms with E-state index < -0.39 is 5.97 Å². The lowest BCUT2D eigenvalue weighted by Crippen LogP contribution is -2.17. The van der Waals surface area contributed by atoms with Crippen molar-refractivity contribution in [3.63, 3.8) is 0 Å². The molecule has 2 aromatic rings. The van der Waals surface area contributed by atoms with Gasteiger partial charge >= 0.3 is 5.97 Å². The number of halogens is 1. The molecule has 1 heterocycles. The molecule has 0 spiro atoms. The van der Waals surface area contributed by atoms with Crippen molar-refractivity contribution in [3.8, 4) is 0 Å². The van der Waals surface area contributed by atoms with Gasteiger partial charge in [0.1, 0.15) is 0 Å². The van der Waals surface area contributed by atoms with E-state index in [4.69, 9.17) is 5.11 Å². The largest absolute Gasteiger partial charge is 0.476 e. The number of aromatic carboxylic acids is 1. The second-order valence-corrected chi connectivity index (χ2v) is 6.09. The maximum absolute atomic E-state index is 11.9. The van der Waals surface area contributed by atoms with E-state index in [-0.39, 0.29) is 23.0 Å². The maximum atomic E-state index is 11.9. The van der Waals surface area contributed by atoms with Crippen LogP contribution >= 0.6 is 27.7 Å². The molecule has 8 heteroatoms. The van der Waals surface area contributed by atoms with Crippen LogP contribution in [0.5, 0.6) is 0 Å². The number of thioether (sulfide) groups is 1. The number of hydrogen-bond donors (Lipinski definition) is 2. The normalized spacial score (nSPS) is 10.4. The van der Waals surface area contributed by atoms with Crippen LogP contribution in [-0.2, 0) is 11.8 Å². The molecule has 2 rings (SSSR count). The number of carbonyl (C=O) groups excluding carboxylic acids is 1. The van der Waals surface area contributed by atoms with Crippen molar-refractivity contribution >= 4 is 45.3 Å². The van der Waals surface area contributed by atoms with Gasteiger partial charge in [0.05, 0.1) is 17.6 Å². The SMILES string of the molecule is Cn1ncc(NC(=O)CSc2ccc(Br)cc2)c1C(=O)O. The topological polar surface area (TPSA) is 84.2 Å². The van der Waals surface area contributed by atoms with Crippen LogP contribution in [0.2, 0.25) is 0 Å². The maximum Gasteiger partial charge on any atom is 0.356 e. The highest BCUT2D eigenvalue weighted by atomic mass is 79.9. The first-order chi connectivity index (χ1) is 9.97. The molecule has 0 atom stereocenters. The van der Waals surface area contributed by atoms with Crippen LogP contribution in [0.25, 0.3) is 0 Å². The van der Waals surface area contributed by atoms with E-state index >= 15 is 0 Å². The zero-order valence-corrected chi connectivity index (χ0v) is 13.4. The highest BCUT2D eigenvalue weighted by molar-refractivity contribution is 9.10. The third-order valence-electron chi connectivity index (χ3n) is 2.60. The number of benzene rings is 1. The van der Waals surface area contributed by atoms with E-state index in [2.05, 4.69) is 26.3 Å². The fourth-order valence-electron chi connectivity index (χ4n) is 1.65. The van der Waals surface area contributed by atoms with Crippen molar-refractivity contribution in [1.82, 2.24) is 9.78 Å². The zero-order chi connectivity index (χ0) is 15.4. The Bertz CT molecular complexity index is 670. The average Bonchev–Trinajstić information content (AvgIpc) is 2.79. The van der Waals surface area contributed by atoms with Crippen molar-refractivity contribution in [2.45, 2.75) is 4.90 Å². The number of carbonyl (C=O) groups is 2. The van der Waals surface area contributed by atoms with Crippen molar-refractivity contribution in [2.24, 2.45) is 7.05 Å².